The Labute approximate surface area is 110 Å². The summed E-state index contributed by atoms with van der Waals surface area (Å²) in [6, 6.07) is 0. The molecule has 0 aromatic carbocycles. The Kier molecular flexibility index (Phi) is 3.00. The first-order valence-electron chi connectivity index (χ1n) is 6.61. The van der Waals surface area contributed by atoms with Gasteiger partial charge in [0.05, 0.1) is 6.54 Å². The number of aromatic nitrogens is 2. The van der Waals surface area contributed by atoms with Gasteiger partial charge in [0.1, 0.15) is 0 Å². The number of rotatable bonds is 3. The third-order valence-electron chi connectivity index (χ3n) is 4.12. The van der Waals surface area contributed by atoms with Crippen LogP contribution >= 0.6 is 0 Å². The van der Waals surface area contributed by atoms with Gasteiger partial charge in [-0.1, -0.05) is 12.2 Å². The lowest BCUT2D eigenvalue weighted by Gasteiger charge is -2.38. The molecule has 0 aliphatic heterocycles. The molecule has 1 aromatic heterocycles. The number of amides is 1. The molecule has 1 aromatic rings. The molecule has 1 heterocycles. The maximum atomic E-state index is 12.4. The van der Waals surface area contributed by atoms with Crippen LogP contribution in [0.25, 0.3) is 0 Å². The van der Waals surface area contributed by atoms with Crippen molar-refractivity contribution in [3.8, 4) is 0 Å². The Morgan fingerprint density at radius 1 is 1.53 bits per heavy atom. The van der Waals surface area contributed by atoms with E-state index in [-0.39, 0.29) is 24.3 Å². The van der Waals surface area contributed by atoms with E-state index < -0.39 is 5.76 Å². The molecule has 19 heavy (non-hydrogen) atoms. The first kappa shape index (κ1) is 12.2. The van der Waals surface area contributed by atoms with Crippen LogP contribution < -0.4 is 5.76 Å². The van der Waals surface area contributed by atoms with Crippen molar-refractivity contribution in [3.05, 3.63) is 28.6 Å². The van der Waals surface area contributed by atoms with Gasteiger partial charge in [-0.15, -0.1) is 5.10 Å². The van der Waals surface area contributed by atoms with Crippen molar-refractivity contribution < 1.29 is 9.21 Å². The summed E-state index contributed by atoms with van der Waals surface area (Å²) in [5.74, 6) is 0.763. The predicted octanol–water partition coefficient (Wildman–Crippen LogP) is 0.924. The SMILES string of the molecule is CN(Cc1n[nH]c(=O)o1)C(=O)[C@@H]1C[C@@H]2C=C[C@H]1CC2. The van der Waals surface area contributed by atoms with E-state index >= 15 is 0 Å². The van der Waals surface area contributed by atoms with Crippen molar-refractivity contribution in [3.63, 3.8) is 0 Å². The van der Waals surface area contributed by atoms with Crippen LogP contribution in [0.4, 0.5) is 0 Å². The van der Waals surface area contributed by atoms with Crippen molar-refractivity contribution in [2.24, 2.45) is 17.8 Å². The first-order valence-corrected chi connectivity index (χ1v) is 6.61. The molecule has 1 fully saturated rings. The molecule has 0 spiro atoms. The van der Waals surface area contributed by atoms with Crippen LogP contribution in [-0.2, 0) is 11.3 Å². The fourth-order valence-electron chi connectivity index (χ4n) is 3.11. The second kappa shape index (κ2) is 4.68. The summed E-state index contributed by atoms with van der Waals surface area (Å²) in [7, 11) is 1.73. The van der Waals surface area contributed by atoms with Crippen molar-refractivity contribution >= 4 is 5.91 Å². The van der Waals surface area contributed by atoms with Gasteiger partial charge >= 0.3 is 5.76 Å². The highest BCUT2D eigenvalue weighted by molar-refractivity contribution is 5.79. The summed E-state index contributed by atoms with van der Waals surface area (Å²) < 4.78 is 4.82. The molecule has 3 aliphatic carbocycles. The van der Waals surface area contributed by atoms with E-state index in [4.69, 9.17) is 4.42 Å². The number of hydrogen-bond donors (Lipinski definition) is 1. The number of fused-ring (bicyclic) bond motifs is 2. The highest BCUT2D eigenvalue weighted by atomic mass is 16.4. The summed E-state index contributed by atoms with van der Waals surface area (Å²) in [6.45, 7) is 0.231. The lowest BCUT2D eigenvalue weighted by Crippen LogP contribution is -2.40. The second-order valence-corrected chi connectivity index (χ2v) is 5.43. The van der Waals surface area contributed by atoms with E-state index in [0.717, 1.165) is 12.8 Å². The van der Waals surface area contributed by atoms with Crippen LogP contribution in [0.3, 0.4) is 0 Å². The minimum atomic E-state index is -0.587. The van der Waals surface area contributed by atoms with Crippen molar-refractivity contribution in [2.75, 3.05) is 7.05 Å². The molecule has 3 aliphatic rings. The Morgan fingerprint density at radius 3 is 2.89 bits per heavy atom. The predicted molar refractivity (Wildman–Crippen MR) is 67.1 cm³/mol. The van der Waals surface area contributed by atoms with E-state index in [1.54, 1.807) is 11.9 Å². The van der Waals surface area contributed by atoms with E-state index in [9.17, 15) is 9.59 Å². The fraction of sp³-hybridized carbons (Fsp3) is 0.615. The monoisotopic (exact) mass is 263 g/mol. The molecule has 4 rings (SSSR count). The van der Waals surface area contributed by atoms with Crippen LogP contribution in [0.5, 0.6) is 0 Å². The maximum absolute atomic E-state index is 12.4. The van der Waals surface area contributed by atoms with Crippen LogP contribution in [0.2, 0.25) is 0 Å². The number of carbonyl (C=O) groups is 1. The van der Waals surface area contributed by atoms with Gasteiger partial charge < -0.3 is 9.32 Å². The van der Waals surface area contributed by atoms with Gasteiger partial charge in [0.25, 0.3) is 0 Å². The molecule has 1 N–H and O–H groups in total. The zero-order valence-electron chi connectivity index (χ0n) is 10.8. The molecule has 1 amide bonds. The van der Waals surface area contributed by atoms with Gasteiger partial charge in [0, 0.05) is 13.0 Å². The number of H-pyrrole nitrogens is 1. The standard InChI is InChI=1S/C13H17N3O3/c1-16(7-11-14-15-13(18)19-11)12(17)10-6-8-2-4-9(10)5-3-8/h2,4,8-10H,3,5-7H2,1H3,(H,15,18)/t8-,9+,10-/m1/s1. The van der Waals surface area contributed by atoms with Crippen molar-refractivity contribution in [2.45, 2.75) is 25.8 Å². The highest BCUT2D eigenvalue weighted by Crippen LogP contribution is 2.41. The molecule has 2 bridgehead atoms. The highest BCUT2D eigenvalue weighted by Gasteiger charge is 2.37. The third kappa shape index (κ3) is 2.34. The molecular formula is C13H17N3O3. The normalized spacial score (nSPS) is 28.6. The van der Waals surface area contributed by atoms with Crippen molar-refractivity contribution in [1.82, 2.24) is 15.1 Å². The van der Waals surface area contributed by atoms with Crippen molar-refractivity contribution in [1.29, 1.82) is 0 Å². The fourth-order valence-corrected chi connectivity index (χ4v) is 3.11. The Balaban J connectivity index is 1.67. The second-order valence-electron chi connectivity index (χ2n) is 5.43. The molecule has 0 saturated heterocycles. The summed E-state index contributed by atoms with van der Waals surface area (Å²) in [6.07, 6.45) is 7.66. The van der Waals surface area contributed by atoms with Gasteiger partial charge in [-0.3, -0.25) is 4.79 Å². The van der Waals surface area contributed by atoms with Gasteiger partial charge in [0.2, 0.25) is 11.8 Å². The number of nitrogens with one attached hydrogen (secondary N) is 1. The number of aromatic amines is 1. The largest absolute Gasteiger partial charge is 0.434 e. The zero-order valence-corrected chi connectivity index (χ0v) is 10.8. The Bertz CT molecular complexity index is 559. The summed E-state index contributed by atoms with van der Waals surface area (Å²) in [5, 5.41) is 5.92. The van der Waals surface area contributed by atoms with Gasteiger partial charge in [-0.25, -0.2) is 9.89 Å². The first-order chi connectivity index (χ1) is 9.13. The van der Waals surface area contributed by atoms with E-state index in [1.165, 1.54) is 6.42 Å². The molecular weight excluding hydrogens is 246 g/mol. The molecule has 0 unspecified atom stereocenters. The van der Waals surface area contributed by atoms with Gasteiger partial charge in [-0.2, -0.15) is 0 Å². The van der Waals surface area contributed by atoms with E-state index in [1.807, 2.05) is 0 Å². The number of nitrogens with zero attached hydrogens (tertiary/aromatic N) is 2. The molecule has 6 nitrogen and oxygen atoms in total. The van der Waals surface area contributed by atoms with Crippen LogP contribution in [0, 0.1) is 17.8 Å². The van der Waals surface area contributed by atoms with E-state index in [0.29, 0.717) is 11.8 Å². The summed E-state index contributed by atoms with van der Waals surface area (Å²) >= 11 is 0. The van der Waals surface area contributed by atoms with Gasteiger partial charge in [-0.05, 0) is 31.1 Å². The smallest absolute Gasteiger partial charge is 0.391 e. The molecule has 3 atom stereocenters. The average molecular weight is 263 g/mol. The van der Waals surface area contributed by atoms with E-state index in [2.05, 4.69) is 22.3 Å². The molecule has 0 radical (unpaired) electrons. The lowest BCUT2D eigenvalue weighted by molar-refractivity contribution is -0.138. The lowest BCUT2D eigenvalue weighted by atomic mass is 9.68. The zero-order chi connectivity index (χ0) is 13.4. The Hall–Kier alpha value is -1.85. The van der Waals surface area contributed by atoms with Crippen LogP contribution in [0.1, 0.15) is 25.2 Å². The number of hydrogen-bond acceptors (Lipinski definition) is 4. The van der Waals surface area contributed by atoms with Crippen LogP contribution in [0.15, 0.2) is 21.4 Å². The summed E-state index contributed by atoms with van der Waals surface area (Å²) in [5.41, 5.74) is 0. The third-order valence-corrected chi connectivity index (χ3v) is 4.12. The minimum absolute atomic E-state index is 0.0689. The minimum Gasteiger partial charge on any atom is -0.391 e. The quantitative estimate of drug-likeness (QED) is 0.822. The topological polar surface area (TPSA) is 79.2 Å². The maximum Gasteiger partial charge on any atom is 0.434 e. The average Bonchev–Trinajstić information content (AvgIpc) is 2.84. The molecule has 1 saturated carbocycles. The molecule has 102 valence electrons. The van der Waals surface area contributed by atoms with Crippen LogP contribution in [-0.4, -0.2) is 28.1 Å². The number of allylic oxidation sites excluding steroid dienone is 2. The van der Waals surface area contributed by atoms with Gasteiger partial charge in [0.15, 0.2) is 0 Å². The number of carbonyl (C=O) groups excluding carboxylic acids is 1. The summed E-state index contributed by atoms with van der Waals surface area (Å²) in [4.78, 5) is 24.9. The molecule has 6 heteroatoms. The Morgan fingerprint density at radius 2 is 2.37 bits per heavy atom.